The van der Waals surface area contributed by atoms with Gasteiger partial charge in [0.15, 0.2) is 0 Å². The Morgan fingerprint density at radius 2 is 1.31 bits per heavy atom. The van der Waals surface area contributed by atoms with Gasteiger partial charge in [-0.15, -0.1) is 11.3 Å². The maximum atomic E-state index is 5.32. The van der Waals surface area contributed by atoms with E-state index in [1.54, 1.807) is 17.6 Å². The van der Waals surface area contributed by atoms with E-state index in [0.29, 0.717) is 0 Å². The summed E-state index contributed by atoms with van der Waals surface area (Å²) in [4.78, 5) is 1.31. The highest BCUT2D eigenvalue weighted by Crippen LogP contribution is 2.31. The first-order chi connectivity index (χ1) is 25.2. The molecule has 4 aromatic carbocycles. The van der Waals surface area contributed by atoms with Gasteiger partial charge in [-0.2, -0.15) is 0 Å². The smallest absolute Gasteiger partial charge is 0.135 e. The van der Waals surface area contributed by atoms with Crippen molar-refractivity contribution in [3.8, 4) is 21.8 Å². The van der Waals surface area contributed by atoms with Crippen molar-refractivity contribution in [1.29, 1.82) is 0 Å². The van der Waals surface area contributed by atoms with Crippen molar-refractivity contribution in [2.45, 2.75) is 32.4 Å². The number of nitrogens with zero attached hydrogens (tertiary/aromatic N) is 1. The molecule has 7 heteroatoms. The molecule has 0 amide bonds. The van der Waals surface area contributed by atoms with E-state index in [2.05, 4.69) is 128 Å². The average Bonchev–Trinajstić information content (AvgIpc) is 3.96. The quantitative estimate of drug-likeness (QED) is 0.148. The van der Waals surface area contributed by atoms with E-state index in [1.807, 2.05) is 56.6 Å². The summed E-state index contributed by atoms with van der Waals surface area (Å²) in [6.07, 6.45) is 7.68. The van der Waals surface area contributed by atoms with Crippen LogP contribution in [0, 0.1) is 0 Å². The molecule has 7 aromatic rings. The van der Waals surface area contributed by atoms with Crippen molar-refractivity contribution in [1.82, 2.24) is 4.57 Å². The summed E-state index contributed by atoms with van der Waals surface area (Å²) < 4.78 is 7.61. The number of thiophene rings is 1. The molecule has 6 nitrogen and oxygen atoms in total. The number of para-hydroxylation sites is 4. The zero-order valence-corrected chi connectivity index (χ0v) is 30.3. The summed E-state index contributed by atoms with van der Waals surface area (Å²) in [6, 6.07) is 45.8. The standard InChI is InChI=1S/C12H12N2.C11H11NO.C11H11NS.C10H13N/c1-2-6-12-10(4-1)9-14-7-3-5-11(14)8-13-12;2*1-12-10-6-3-2-5-9(10)11-7-4-8-13-11;1-2-7-10-9(5-1)6-3-4-8-11-10/h1-7,13H,8-9H2;2*2-8,12H,1H3;1-2,5,7,11H,3-4,6,8H2. The van der Waals surface area contributed by atoms with E-state index in [0.717, 1.165) is 36.6 Å². The molecule has 0 saturated heterocycles. The molecule has 0 radical (unpaired) electrons. The van der Waals surface area contributed by atoms with Crippen molar-refractivity contribution in [2.75, 3.05) is 41.9 Å². The Hall–Kier alpha value is -5.66. The third-order valence-corrected chi connectivity index (χ3v) is 9.82. The second-order valence-corrected chi connectivity index (χ2v) is 13.2. The topological polar surface area (TPSA) is 66.2 Å². The van der Waals surface area contributed by atoms with Crippen LogP contribution in [-0.2, 0) is 19.5 Å². The highest BCUT2D eigenvalue weighted by molar-refractivity contribution is 7.13. The maximum Gasteiger partial charge on any atom is 0.135 e. The summed E-state index contributed by atoms with van der Waals surface area (Å²) >= 11 is 1.77. The van der Waals surface area contributed by atoms with Crippen LogP contribution in [0.15, 0.2) is 156 Å². The predicted octanol–water partition coefficient (Wildman–Crippen LogP) is 11.3. The largest absolute Gasteiger partial charge is 0.464 e. The van der Waals surface area contributed by atoms with E-state index in [4.69, 9.17) is 4.42 Å². The van der Waals surface area contributed by atoms with E-state index in [-0.39, 0.29) is 0 Å². The molecule has 260 valence electrons. The van der Waals surface area contributed by atoms with Crippen LogP contribution in [0.4, 0.5) is 22.7 Å². The highest BCUT2D eigenvalue weighted by atomic mass is 32.1. The molecule has 0 spiro atoms. The first-order valence-corrected chi connectivity index (χ1v) is 18.5. The molecule has 0 fully saturated rings. The Labute approximate surface area is 306 Å². The fraction of sp³-hybridized carbons (Fsp3) is 0.182. The Bertz CT molecular complexity index is 1950. The lowest BCUT2D eigenvalue weighted by Crippen LogP contribution is -2.00. The molecule has 0 atom stereocenters. The fourth-order valence-electron chi connectivity index (χ4n) is 6.23. The van der Waals surface area contributed by atoms with Gasteiger partial charge in [-0.25, -0.2) is 0 Å². The van der Waals surface area contributed by atoms with Gasteiger partial charge in [-0.05, 0) is 96.4 Å². The van der Waals surface area contributed by atoms with Crippen LogP contribution >= 0.6 is 11.3 Å². The Morgan fingerprint density at radius 3 is 2.04 bits per heavy atom. The molecule has 3 aromatic heterocycles. The van der Waals surface area contributed by atoms with Gasteiger partial charge >= 0.3 is 0 Å². The number of aromatic nitrogens is 1. The van der Waals surface area contributed by atoms with E-state index < -0.39 is 0 Å². The molecule has 0 aliphatic carbocycles. The molecule has 0 bridgehead atoms. The van der Waals surface area contributed by atoms with Crippen molar-refractivity contribution >= 4 is 34.1 Å². The summed E-state index contributed by atoms with van der Waals surface area (Å²) in [5, 5.41) is 15.3. The van der Waals surface area contributed by atoms with Crippen molar-refractivity contribution < 1.29 is 4.42 Å². The lowest BCUT2D eigenvalue weighted by atomic mass is 10.1. The van der Waals surface area contributed by atoms with Crippen LogP contribution in [0.1, 0.15) is 29.7 Å². The molecule has 4 N–H and O–H groups in total. The van der Waals surface area contributed by atoms with E-state index >= 15 is 0 Å². The molecule has 0 unspecified atom stereocenters. The molecular formula is C44H47N5OS. The summed E-state index contributed by atoms with van der Waals surface area (Å²) in [5.41, 5.74) is 11.4. The van der Waals surface area contributed by atoms with Crippen molar-refractivity contribution in [3.05, 3.63) is 168 Å². The SMILES string of the molecule is CNc1ccccc1-c1ccco1.CNc1ccccc1-c1cccs1.c1ccc2c(c1)CCCCN2.c1ccc2c(c1)Cn1cccc1CN2. The monoisotopic (exact) mass is 693 g/mol. The number of benzene rings is 4. The molecular weight excluding hydrogens is 647 g/mol. The molecule has 0 saturated carbocycles. The maximum absolute atomic E-state index is 5.32. The minimum absolute atomic E-state index is 0.893. The van der Waals surface area contributed by atoms with Crippen LogP contribution in [0.5, 0.6) is 0 Å². The zero-order chi connectivity index (χ0) is 35.1. The Balaban J connectivity index is 0.000000118. The number of hydrogen-bond acceptors (Lipinski definition) is 6. The normalized spacial score (nSPS) is 12.4. The number of hydrogen-bond donors (Lipinski definition) is 4. The number of fused-ring (bicyclic) bond motifs is 3. The molecule has 5 heterocycles. The second kappa shape index (κ2) is 18.4. The first kappa shape index (κ1) is 35.2. The van der Waals surface area contributed by atoms with Crippen LogP contribution in [-0.4, -0.2) is 25.2 Å². The second-order valence-electron chi connectivity index (χ2n) is 12.2. The summed E-state index contributed by atoms with van der Waals surface area (Å²) in [5.74, 6) is 0.893. The fourth-order valence-corrected chi connectivity index (χ4v) is 7.00. The van der Waals surface area contributed by atoms with Gasteiger partial charge in [0.25, 0.3) is 0 Å². The van der Waals surface area contributed by atoms with Gasteiger partial charge in [0.2, 0.25) is 0 Å². The molecule has 9 rings (SSSR count). The molecule has 51 heavy (non-hydrogen) atoms. The summed E-state index contributed by atoms with van der Waals surface area (Å²) in [6.45, 7) is 3.03. The number of nitrogens with one attached hydrogen (secondary N) is 4. The first-order valence-electron chi connectivity index (χ1n) is 17.6. The van der Waals surface area contributed by atoms with Crippen molar-refractivity contribution in [2.24, 2.45) is 0 Å². The van der Waals surface area contributed by atoms with Gasteiger partial charge in [0, 0.05) is 77.8 Å². The third-order valence-electron chi connectivity index (χ3n) is 8.91. The molecule has 2 aliphatic rings. The number of anilines is 4. The average molecular weight is 694 g/mol. The molecule has 2 aliphatic heterocycles. The minimum Gasteiger partial charge on any atom is -0.464 e. The van der Waals surface area contributed by atoms with Gasteiger partial charge in [0.05, 0.1) is 12.8 Å². The number of rotatable bonds is 4. The van der Waals surface area contributed by atoms with Gasteiger partial charge in [-0.3, -0.25) is 0 Å². The van der Waals surface area contributed by atoms with Gasteiger partial charge < -0.3 is 30.3 Å². The van der Waals surface area contributed by atoms with Crippen LogP contribution in [0.3, 0.4) is 0 Å². The minimum atomic E-state index is 0.893. The Kier molecular flexibility index (Phi) is 12.7. The lowest BCUT2D eigenvalue weighted by Gasteiger charge is -2.05. The van der Waals surface area contributed by atoms with E-state index in [9.17, 15) is 0 Å². The van der Waals surface area contributed by atoms with Gasteiger partial charge in [-0.1, -0.05) is 72.8 Å². The van der Waals surface area contributed by atoms with Crippen LogP contribution in [0.2, 0.25) is 0 Å². The third kappa shape index (κ3) is 9.53. The number of aryl methyl sites for hydroxylation is 1. The Morgan fingerprint density at radius 1 is 0.627 bits per heavy atom. The summed E-state index contributed by atoms with van der Waals surface area (Å²) in [7, 11) is 3.86. The predicted molar refractivity (Wildman–Crippen MR) is 218 cm³/mol. The van der Waals surface area contributed by atoms with E-state index in [1.165, 1.54) is 63.6 Å². The number of furan rings is 1. The highest BCUT2D eigenvalue weighted by Gasteiger charge is 2.10. The zero-order valence-electron chi connectivity index (χ0n) is 29.4. The van der Waals surface area contributed by atoms with Gasteiger partial charge in [0.1, 0.15) is 5.76 Å². The van der Waals surface area contributed by atoms with Crippen molar-refractivity contribution in [3.63, 3.8) is 0 Å². The van der Waals surface area contributed by atoms with Crippen LogP contribution in [0.25, 0.3) is 21.8 Å². The lowest BCUT2D eigenvalue weighted by molar-refractivity contribution is 0.582. The van der Waals surface area contributed by atoms with Crippen LogP contribution < -0.4 is 21.3 Å².